The third-order valence-electron chi connectivity index (χ3n) is 8.58. The lowest BCUT2D eigenvalue weighted by atomic mass is 9.59. The van der Waals surface area contributed by atoms with Gasteiger partial charge in [0.25, 0.3) is 5.91 Å². The number of ketones is 1. The zero-order chi connectivity index (χ0) is 24.3. The molecule has 5 rings (SSSR count). The third-order valence-corrected chi connectivity index (χ3v) is 8.58. The molecule has 3 aliphatic heterocycles. The number of hydrogen-bond donors (Lipinski definition) is 1. The second-order valence-corrected chi connectivity index (χ2v) is 10.6. The number of epoxide rings is 1. The van der Waals surface area contributed by atoms with Gasteiger partial charge < -0.3 is 14.8 Å². The molecule has 1 saturated carbocycles. The number of hydrogen-bond acceptors (Lipinski definition) is 5. The van der Waals surface area contributed by atoms with E-state index in [9.17, 15) is 14.4 Å². The number of fused-ring (bicyclic) bond motifs is 2. The summed E-state index contributed by atoms with van der Waals surface area (Å²) in [6.07, 6.45) is 6.53. The Balaban J connectivity index is 1.58. The molecular formula is C28H33NO5. The van der Waals surface area contributed by atoms with E-state index in [4.69, 9.17) is 9.47 Å². The van der Waals surface area contributed by atoms with E-state index in [-0.39, 0.29) is 53.6 Å². The second-order valence-electron chi connectivity index (χ2n) is 10.6. The van der Waals surface area contributed by atoms with Crippen molar-refractivity contribution in [2.24, 2.45) is 23.7 Å². The standard InChI is InChI=1S/C28H33NO5/c1-16-9-8-12-20-25-27(4,34-25)18(3)23-21(15-19-10-6-5-7-11-19)29-26(32)28(20,23)33-22(30)14-13-17(2)24(16)31/h5-8,10-13,16,18,20-21,23,25H,9,14-15H2,1-4H3,(H,29,32)/b12-8+,17-13-/t16-,18-,20-,21-,23-,25-,27+,28+/m0/s1. The maximum Gasteiger partial charge on any atom is 0.310 e. The van der Waals surface area contributed by atoms with Gasteiger partial charge in [0, 0.05) is 17.9 Å². The number of rotatable bonds is 2. The van der Waals surface area contributed by atoms with Crippen LogP contribution in [0.1, 0.15) is 46.1 Å². The van der Waals surface area contributed by atoms with E-state index in [1.807, 2.05) is 37.3 Å². The van der Waals surface area contributed by atoms with Crippen molar-refractivity contribution in [1.29, 1.82) is 0 Å². The summed E-state index contributed by atoms with van der Waals surface area (Å²) < 4.78 is 12.5. The number of amides is 1. The molecule has 0 radical (unpaired) electrons. The Labute approximate surface area is 200 Å². The molecule has 1 aromatic carbocycles. The lowest BCUT2D eigenvalue weighted by Crippen LogP contribution is -2.61. The van der Waals surface area contributed by atoms with Gasteiger partial charge >= 0.3 is 5.97 Å². The summed E-state index contributed by atoms with van der Waals surface area (Å²) in [6, 6.07) is 9.89. The van der Waals surface area contributed by atoms with Crippen molar-refractivity contribution in [1.82, 2.24) is 5.32 Å². The van der Waals surface area contributed by atoms with E-state index in [2.05, 4.69) is 31.3 Å². The average molecular weight is 464 g/mol. The number of esters is 1. The number of nitrogens with one attached hydrogen (secondary N) is 1. The number of carbonyl (C=O) groups is 3. The molecule has 180 valence electrons. The summed E-state index contributed by atoms with van der Waals surface area (Å²) in [5.41, 5.74) is -0.0388. The predicted molar refractivity (Wildman–Crippen MR) is 127 cm³/mol. The van der Waals surface area contributed by atoms with E-state index in [0.717, 1.165) is 5.56 Å². The highest BCUT2D eigenvalue weighted by Crippen LogP contribution is 2.63. The van der Waals surface area contributed by atoms with Crippen LogP contribution < -0.4 is 5.32 Å². The molecule has 34 heavy (non-hydrogen) atoms. The molecule has 1 spiro atoms. The fourth-order valence-electron chi connectivity index (χ4n) is 6.50. The van der Waals surface area contributed by atoms with Crippen molar-refractivity contribution in [3.8, 4) is 0 Å². The van der Waals surface area contributed by atoms with Crippen LogP contribution in [0.2, 0.25) is 0 Å². The van der Waals surface area contributed by atoms with E-state index in [1.165, 1.54) is 0 Å². The van der Waals surface area contributed by atoms with Crippen LogP contribution in [-0.4, -0.2) is 41.0 Å². The minimum atomic E-state index is -1.33. The fourth-order valence-corrected chi connectivity index (χ4v) is 6.50. The molecule has 4 aliphatic rings. The molecule has 6 heteroatoms. The molecule has 1 aromatic rings. The first kappa shape index (κ1) is 23.0. The van der Waals surface area contributed by atoms with Gasteiger partial charge in [-0.2, -0.15) is 0 Å². The molecule has 1 N–H and O–H groups in total. The minimum Gasteiger partial charge on any atom is -0.448 e. The highest BCUT2D eigenvalue weighted by atomic mass is 16.6. The number of carbonyl (C=O) groups excluding carboxylic acids is 3. The topological polar surface area (TPSA) is 85.0 Å². The van der Waals surface area contributed by atoms with Crippen LogP contribution in [-0.2, 0) is 30.3 Å². The average Bonchev–Trinajstić information content (AvgIpc) is 3.43. The van der Waals surface area contributed by atoms with Crippen LogP contribution in [0, 0.1) is 23.7 Å². The summed E-state index contributed by atoms with van der Waals surface area (Å²) in [7, 11) is 0. The first-order valence-corrected chi connectivity index (χ1v) is 12.3. The zero-order valence-electron chi connectivity index (χ0n) is 20.2. The highest BCUT2D eigenvalue weighted by molar-refractivity contribution is 5.97. The summed E-state index contributed by atoms with van der Waals surface area (Å²) in [5.74, 6) is -1.55. The maximum absolute atomic E-state index is 13.8. The number of benzene rings is 1. The monoisotopic (exact) mass is 463 g/mol. The van der Waals surface area contributed by atoms with Crippen molar-refractivity contribution in [3.63, 3.8) is 0 Å². The van der Waals surface area contributed by atoms with Crippen molar-refractivity contribution in [2.45, 2.75) is 70.3 Å². The van der Waals surface area contributed by atoms with Gasteiger partial charge in [0.2, 0.25) is 5.60 Å². The van der Waals surface area contributed by atoms with Gasteiger partial charge in [-0.1, -0.05) is 62.4 Å². The molecule has 3 fully saturated rings. The molecule has 6 nitrogen and oxygen atoms in total. The van der Waals surface area contributed by atoms with Gasteiger partial charge in [-0.3, -0.25) is 14.4 Å². The Hall–Kier alpha value is -2.73. The Bertz CT molecular complexity index is 1080. The lowest BCUT2D eigenvalue weighted by molar-refractivity contribution is -0.181. The lowest BCUT2D eigenvalue weighted by Gasteiger charge is -2.46. The highest BCUT2D eigenvalue weighted by Gasteiger charge is 2.78. The normalized spacial score (nSPS) is 44.1. The summed E-state index contributed by atoms with van der Waals surface area (Å²) in [4.78, 5) is 39.5. The number of allylic oxidation sites excluding steroid dienone is 2. The summed E-state index contributed by atoms with van der Waals surface area (Å²) in [5, 5.41) is 3.21. The van der Waals surface area contributed by atoms with Gasteiger partial charge in [0.05, 0.1) is 24.0 Å². The van der Waals surface area contributed by atoms with E-state index < -0.39 is 17.5 Å². The van der Waals surface area contributed by atoms with Crippen LogP contribution in [0.25, 0.3) is 0 Å². The van der Waals surface area contributed by atoms with Crippen molar-refractivity contribution < 1.29 is 23.9 Å². The van der Waals surface area contributed by atoms with Crippen LogP contribution >= 0.6 is 0 Å². The Morgan fingerprint density at radius 2 is 1.85 bits per heavy atom. The van der Waals surface area contributed by atoms with Crippen LogP contribution in [0.15, 0.2) is 54.1 Å². The molecule has 1 amide bonds. The Kier molecular flexibility index (Phi) is 5.55. The van der Waals surface area contributed by atoms with Crippen LogP contribution in [0.4, 0.5) is 0 Å². The fraction of sp³-hybridized carbons (Fsp3) is 0.536. The van der Waals surface area contributed by atoms with Gasteiger partial charge in [0.15, 0.2) is 5.78 Å². The first-order valence-electron chi connectivity index (χ1n) is 12.3. The molecule has 3 heterocycles. The van der Waals surface area contributed by atoms with Crippen molar-refractivity contribution in [3.05, 3.63) is 59.7 Å². The second kappa shape index (κ2) is 8.19. The molecule has 1 aliphatic carbocycles. The molecular weight excluding hydrogens is 430 g/mol. The number of ether oxygens (including phenoxy) is 2. The predicted octanol–water partition coefficient (Wildman–Crippen LogP) is 3.55. The number of Topliss-reactive ketones (excluding diaryl/α,β-unsaturated/α-hetero) is 1. The molecule has 0 bridgehead atoms. The van der Waals surface area contributed by atoms with Gasteiger partial charge in [0.1, 0.15) is 0 Å². The SMILES string of the molecule is C/C1=C/CC(=O)O[C@@]23C(=O)N[C@@H](Cc4ccccc4)[C@@H]2[C@H](C)[C@@]2(C)O[C@H]2[C@@H]3/C=C/C[C@H](C)C1=O. The zero-order valence-corrected chi connectivity index (χ0v) is 20.2. The van der Waals surface area contributed by atoms with Crippen molar-refractivity contribution in [2.75, 3.05) is 0 Å². The van der Waals surface area contributed by atoms with E-state index >= 15 is 0 Å². The first-order chi connectivity index (χ1) is 16.2. The largest absolute Gasteiger partial charge is 0.448 e. The van der Waals surface area contributed by atoms with Gasteiger partial charge in [-0.15, -0.1) is 0 Å². The minimum absolute atomic E-state index is 0.00768. The molecule has 0 aromatic heterocycles. The third kappa shape index (κ3) is 3.46. The van der Waals surface area contributed by atoms with E-state index in [1.54, 1.807) is 13.0 Å². The Morgan fingerprint density at radius 3 is 2.59 bits per heavy atom. The quantitative estimate of drug-likeness (QED) is 0.412. The molecule has 0 unspecified atom stereocenters. The molecule has 2 saturated heterocycles. The Morgan fingerprint density at radius 1 is 1.12 bits per heavy atom. The van der Waals surface area contributed by atoms with Crippen molar-refractivity contribution >= 4 is 17.7 Å². The van der Waals surface area contributed by atoms with Gasteiger partial charge in [-0.25, -0.2) is 0 Å². The van der Waals surface area contributed by atoms with E-state index in [0.29, 0.717) is 18.4 Å². The molecule has 8 atom stereocenters. The van der Waals surface area contributed by atoms with Crippen LogP contribution in [0.3, 0.4) is 0 Å². The maximum atomic E-state index is 13.8. The smallest absolute Gasteiger partial charge is 0.310 e. The van der Waals surface area contributed by atoms with Gasteiger partial charge in [-0.05, 0) is 43.7 Å². The van der Waals surface area contributed by atoms with Crippen LogP contribution in [0.5, 0.6) is 0 Å². The summed E-state index contributed by atoms with van der Waals surface area (Å²) >= 11 is 0. The summed E-state index contributed by atoms with van der Waals surface area (Å²) in [6.45, 7) is 7.83.